The summed E-state index contributed by atoms with van der Waals surface area (Å²) in [7, 11) is 0. The van der Waals surface area contributed by atoms with E-state index < -0.39 is 23.8 Å². The predicted octanol–water partition coefficient (Wildman–Crippen LogP) is 2.15. The number of benzene rings is 2. The third-order valence-electron chi connectivity index (χ3n) is 5.10. The maximum absolute atomic E-state index is 12.6. The van der Waals surface area contributed by atoms with Crippen LogP contribution in [-0.2, 0) is 9.53 Å². The highest BCUT2D eigenvalue weighted by Gasteiger charge is 2.40. The Morgan fingerprint density at radius 3 is 2.11 bits per heavy atom. The van der Waals surface area contributed by atoms with Gasteiger partial charge in [-0.25, -0.2) is 0 Å². The Bertz CT molecular complexity index is 885. The third kappa shape index (κ3) is 3.25. The molecular formula is C21H21N3O4. The van der Waals surface area contributed by atoms with Crippen molar-refractivity contribution in [1.29, 1.82) is 0 Å². The van der Waals surface area contributed by atoms with Crippen molar-refractivity contribution in [3.8, 4) is 0 Å². The molecule has 0 spiro atoms. The number of ether oxygens (including phenoxy) is 1. The average Bonchev–Trinajstić information content (AvgIpc) is 2.99. The molecule has 0 aromatic heterocycles. The lowest BCUT2D eigenvalue weighted by Gasteiger charge is -2.29. The van der Waals surface area contributed by atoms with Gasteiger partial charge in [-0.15, -0.1) is 0 Å². The summed E-state index contributed by atoms with van der Waals surface area (Å²) in [5.41, 5.74) is 2.35. The fraction of sp³-hybridized carbons (Fsp3) is 0.286. The van der Waals surface area contributed by atoms with Gasteiger partial charge >= 0.3 is 0 Å². The van der Waals surface area contributed by atoms with E-state index in [0.29, 0.717) is 30.0 Å². The van der Waals surface area contributed by atoms with Crippen molar-refractivity contribution >= 4 is 29.1 Å². The second-order valence-electron chi connectivity index (χ2n) is 6.84. The number of imide groups is 1. The first-order valence-electron chi connectivity index (χ1n) is 9.27. The molecule has 7 nitrogen and oxygen atoms in total. The van der Waals surface area contributed by atoms with Gasteiger partial charge in [-0.3, -0.25) is 19.3 Å². The van der Waals surface area contributed by atoms with Crippen LogP contribution >= 0.6 is 0 Å². The molecule has 4 rings (SSSR count). The first-order chi connectivity index (χ1) is 13.6. The Balaban J connectivity index is 1.44. The normalized spacial score (nSPS) is 17.5. The number of nitrogens with one attached hydrogen (secondary N) is 1. The molecule has 3 amide bonds. The van der Waals surface area contributed by atoms with Crippen LogP contribution in [0.2, 0.25) is 0 Å². The Morgan fingerprint density at radius 1 is 0.964 bits per heavy atom. The quantitative estimate of drug-likeness (QED) is 0.824. The van der Waals surface area contributed by atoms with Crippen molar-refractivity contribution in [3.63, 3.8) is 0 Å². The zero-order chi connectivity index (χ0) is 19.7. The highest BCUT2D eigenvalue weighted by molar-refractivity contribution is 6.23. The summed E-state index contributed by atoms with van der Waals surface area (Å²) in [5, 5.41) is 2.79. The molecule has 0 unspecified atom stereocenters. The summed E-state index contributed by atoms with van der Waals surface area (Å²) in [5.74, 6) is -1.29. The minimum Gasteiger partial charge on any atom is -0.378 e. The van der Waals surface area contributed by atoms with Gasteiger partial charge in [-0.1, -0.05) is 12.1 Å². The van der Waals surface area contributed by atoms with Gasteiger partial charge in [0.2, 0.25) is 5.91 Å². The van der Waals surface area contributed by atoms with Gasteiger partial charge in [0.15, 0.2) is 0 Å². The molecule has 1 fully saturated rings. The minimum atomic E-state index is -0.911. The second-order valence-corrected chi connectivity index (χ2v) is 6.84. The van der Waals surface area contributed by atoms with Crippen molar-refractivity contribution in [2.24, 2.45) is 0 Å². The fourth-order valence-corrected chi connectivity index (χ4v) is 3.50. The second kappa shape index (κ2) is 7.44. The fourth-order valence-electron chi connectivity index (χ4n) is 3.50. The van der Waals surface area contributed by atoms with Crippen LogP contribution in [-0.4, -0.2) is 55.0 Å². The van der Waals surface area contributed by atoms with Crippen LogP contribution in [0.5, 0.6) is 0 Å². The summed E-state index contributed by atoms with van der Waals surface area (Å²) >= 11 is 0. The topological polar surface area (TPSA) is 79.0 Å². The van der Waals surface area contributed by atoms with E-state index in [1.165, 1.54) is 0 Å². The molecule has 2 aromatic carbocycles. The Morgan fingerprint density at radius 2 is 1.54 bits per heavy atom. The number of hydrogen-bond donors (Lipinski definition) is 1. The van der Waals surface area contributed by atoms with E-state index >= 15 is 0 Å². The third-order valence-corrected chi connectivity index (χ3v) is 5.10. The molecule has 144 valence electrons. The average molecular weight is 379 g/mol. The lowest BCUT2D eigenvalue weighted by molar-refractivity contribution is -0.119. The Labute approximate surface area is 162 Å². The lowest BCUT2D eigenvalue weighted by atomic mass is 10.1. The van der Waals surface area contributed by atoms with Gasteiger partial charge in [0.1, 0.15) is 6.04 Å². The summed E-state index contributed by atoms with van der Waals surface area (Å²) in [6, 6.07) is 13.2. The molecule has 1 saturated heterocycles. The number of morpholine rings is 1. The van der Waals surface area contributed by atoms with Gasteiger partial charge in [-0.05, 0) is 43.3 Å². The summed E-state index contributed by atoms with van der Waals surface area (Å²) in [6.07, 6.45) is 0. The van der Waals surface area contributed by atoms with Crippen molar-refractivity contribution < 1.29 is 19.1 Å². The number of anilines is 2. The van der Waals surface area contributed by atoms with E-state index in [-0.39, 0.29) is 0 Å². The van der Waals surface area contributed by atoms with Gasteiger partial charge in [-0.2, -0.15) is 0 Å². The number of carbonyl (C=O) groups is 3. The SMILES string of the molecule is C[C@@H](C(=O)Nc1ccc(N2CCOCC2)cc1)N1C(=O)c2ccccc2C1=O. The number of carbonyl (C=O) groups excluding carboxylic acids is 3. The van der Waals surface area contributed by atoms with Crippen LogP contribution in [0, 0.1) is 0 Å². The van der Waals surface area contributed by atoms with Crippen LogP contribution in [0.1, 0.15) is 27.6 Å². The maximum Gasteiger partial charge on any atom is 0.262 e. The van der Waals surface area contributed by atoms with E-state index in [4.69, 9.17) is 4.74 Å². The zero-order valence-corrected chi connectivity index (χ0v) is 15.6. The predicted molar refractivity (Wildman–Crippen MR) is 105 cm³/mol. The van der Waals surface area contributed by atoms with E-state index in [9.17, 15) is 14.4 Å². The first kappa shape index (κ1) is 18.2. The van der Waals surface area contributed by atoms with E-state index in [1.54, 1.807) is 31.2 Å². The summed E-state index contributed by atoms with van der Waals surface area (Å²) < 4.78 is 5.35. The van der Waals surface area contributed by atoms with Crippen LogP contribution in [0.25, 0.3) is 0 Å². The Kier molecular flexibility index (Phi) is 4.83. The minimum absolute atomic E-state index is 0.335. The van der Waals surface area contributed by atoms with Crippen LogP contribution < -0.4 is 10.2 Å². The van der Waals surface area contributed by atoms with E-state index in [2.05, 4.69) is 10.2 Å². The van der Waals surface area contributed by atoms with Gasteiger partial charge < -0.3 is 15.0 Å². The molecule has 28 heavy (non-hydrogen) atoms. The van der Waals surface area contributed by atoms with Crippen LogP contribution in [0.3, 0.4) is 0 Å². The van der Waals surface area contributed by atoms with Crippen molar-refractivity contribution in [2.75, 3.05) is 36.5 Å². The highest BCUT2D eigenvalue weighted by atomic mass is 16.5. The molecule has 2 aliphatic heterocycles. The molecule has 7 heteroatoms. The molecule has 0 aliphatic carbocycles. The summed E-state index contributed by atoms with van der Waals surface area (Å²) in [6.45, 7) is 4.64. The molecule has 2 aliphatic rings. The standard InChI is InChI=1S/C21H21N3O4/c1-14(24-20(26)17-4-2-3-5-18(17)21(24)27)19(25)22-15-6-8-16(9-7-15)23-10-12-28-13-11-23/h2-9,14H,10-13H2,1H3,(H,22,25)/t14-/m0/s1. The molecule has 0 saturated carbocycles. The van der Waals surface area contributed by atoms with Crippen molar-refractivity contribution in [1.82, 2.24) is 4.90 Å². The number of nitrogens with zero attached hydrogens (tertiary/aromatic N) is 2. The van der Waals surface area contributed by atoms with Crippen LogP contribution in [0.4, 0.5) is 11.4 Å². The zero-order valence-electron chi connectivity index (χ0n) is 15.6. The van der Waals surface area contributed by atoms with Crippen molar-refractivity contribution in [3.05, 3.63) is 59.7 Å². The Hall–Kier alpha value is -3.19. The number of amides is 3. The van der Waals surface area contributed by atoms with Crippen molar-refractivity contribution in [2.45, 2.75) is 13.0 Å². The molecule has 1 atom stereocenters. The number of fused-ring (bicyclic) bond motifs is 1. The molecule has 2 heterocycles. The molecule has 2 aromatic rings. The van der Waals surface area contributed by atoms with Gasteiger partial charge in [0.05, 0.1) is 24.3 Å². The van der Waals surface area contributed by atoms with Crippen LogP contribution in [0.15, 0.2) is 48.5 Å². The van der Waals surface area contributed by atoms with E-state index in [0.717, 1.165) is 23.7 Å². The lowest BCUT2D eigenvalue weighted by Crippen LogP contribution is -2.45. The van der Waals surface area contributed by atoms with E-state index in [1.807, 2.05) is 24.3 Å². The molecule has 0 bridgehead atoms. The summed E-state index contributed by atoms with van der Waals surface area (Å²) in [4.78, 5) is 40.9. The molecular weight excluding hydrogens is 358 g/mol. The number of hydrogen-bond acceptors (Lipinski definition) is 5. The molecule has 0 radical (unpaired) electrons. The molecule has 1 N–H and O–H groups in total. The number of rotatable bonds is 4. The largest absolute Gasteiger partial charge is 0.378 e. The van der Waals surface area contributed by atoms with Gasteiger partial charge in [0, 0.05) is 24.5 Å². The smallest absolute Gasteiger partial charge is 0.262 e. The maximum atomic E-state index is 12.6. The van der Waals surface area contributed by atoms with Gasteiger partial charge in [0.25, 0.3) is 11.8 Å². The monoisotopic (exact) mass is 379 g/mol. The highest BCUT2D eigenvalue weighted by Crippen LogP contribution is 2.25. The first-order valence-corrected chi connectivity index (χ1v) is 9.27.